The van der Waals surface area contributed by atoms with E-state index in [1.54, 1.807) is 60.7 Å². The Morgan fingerprint density at radius 1 is 0.833 bits per heavy atom. The third-order valence-electron chi connectivity index (χ3n) is 6.18. The van der Waals surface area contributed by atoms with E-state index in [4.69, 9.17) is 4.74 Å². The lowest BCUT2D eigenvalue weighted by atomic mass is 10.1. The van der Waals surface area contributed by atoms with Crippen LogP contribution in [0.4, 0.5) is 5.69 Å². The van der Waals surface area contributed by atoms with E-state index in [-0.39, 0.29) is 24.0 Å². The number of nitrogens with zero attached hydrogens (tertiary/aromatic N) is 2. The van der Waals surface area contributed by atoms with Gasteiger partial charge in [-0.1, -0.05) is 66.2 Å². The van der Waals surface area contributed by atoms with E-state index in [1.807, 2.05) is 55.5 Å². The molecule has 0 heterocycles. The van der Waals surface area contributed by atoms with Gasteiger partial charge >= 0.3 is 0 Å². The Morgan fingerprint density at radius 3 is 2.14 bits per heavy atom. The highest BCUT2D eigenvalue weighted by atomic mass is 32.2. The molecule has 42 heavy (non-hydrogen) atoms. The molecule has 0 aliphatic rings. The molecule has 0 fully saturated rings. The summed E-state index contributed by atoms with van der Waals surface area (Å²) in [4.78, 5) is 24.9. The number of para-hydroxylation sites is 1. The van der Waals surface area contributed by atoms with Crippen LogP contribution < -0.4 is 15.5 Å². The summed E-state index contributed by atoms with van der Waals surface area (Å²) in [7, 11) is -3.92. The highest BCUT2D eigenvalue weighted by molar-refractivity contribution is 7.89. The molecular weight excluding hydrogens is 552 g/mol. The number of hydrogen-bond acceptors (Lipinski definition) is 6. The normalized spacial score (nSPS) is 11.4. The van der Waals surface area contributed by atoms with Gasteiger partial charge in [-0.05, 0) is 73.0 Å². The van der Waals surface area contributed by atoms with Gasteiger partial charge in [-0.15, -0.1) is 0 Å². The van der Waals surface area contributed by atoms with Gasteiger partial charge in [0, 0.05) is 12.2 Å². The Morgan fingerprint density at radius 2 is 1.48 bits per heavy atom. The van der Waals surface area contributed by atoms with Gasteiger partial charge in [0.25, 0.3) is 11.8 Å². The van der Waals surface area contributed by atoms with Crippen LogP contribution in [0.25, 0.3) is 0 Å². The first-order chi connectivity index (χ1) is 20.3. The first-order valence-corrected chi connectivity index (χ1v) is 14.7. The molecule has 0 aliphatic carbocycles. The molecule has 0 atom stereocenters. The van der Waals surface area contributed by atoms with Crippen LogP contribution in [-0.2, 0) is 26.0 Å². The minimum absolute atomic E-state index is 0.123. The number of benzene rings is 4. The van der Waals surface area contributed by atoms with Crippen molar-refractivity contribution in [3.05, 3.63) is 126 Å². The van der Waals surface area contributed by atoms with Gasteiger partial charge in [-0.25, -0.2) is 13.8 Å². The standard InChI is InChI=1S/C32H32N4O5S/c1-25-12-18-30(19-13-25)42(39,40)36(21-20-26-8-4-2-5-9-26)23-31(37)35-33-22-27-14-16-29(17-15-27)41-24-32(38)34-28-10-6-3-7-11-28/h2-19,22H,20-21,23-24H2,1H3,(H,34,38)(H,35,37)/b33-22+. The van der Waals surface area contributed by atoms with E-state index in [2.05, 4.69) is 15.8 Å². The topological polar surface area (TPSA) is 117 Å². The van der Waals surface area contributed by atoms with Gasteiger partial charge in [0.05, 0.1) is 17.7 Å². The van der Waals surface area contributed by atoms with Gasteiger partial charge in [-0.3, -0.25) is 9.59 Å². The molecular formula is C32H32N4O5S. The van der Waals surface area contributed by atoms with Gasteiger partial charge in [0.1, 0.15) is 5.75 Å². The fourth-order valence-electron chi connectivity index (χ4n) is 3.93. The Bertz CT molecular complexity index is 1590. The van der Waals surface area contributed by atoms with Gasteiger partial charge < -0.3 is 10.1 Å². The second-order valence-electron chi connectivity index (χ2n) is 9.45. The van der Waals surface area contributed by atoms with Crippen molar-refractivity contribution in [2.45, 2.75) is 18.2 Å². The van der Waals surface area contributed by atoms with E-state index >= 15 is 0 Å². The summed E-state index contributed by atoms with van der Waals surface area (Å²) >= 11 is 0. The number of anilines is 1. The van der Waals surface area contributed by atoms with Gasteiger partial charge in [0.15, 0.2) is 6.61 Å². The molecule has 0 spiro atoms. The molecule has 2 amide bonds. The van der Waals surface area contributed by atoms with E-state index in [0.717, 1.165) is 15.4 Å². The van der Waals surface area contributed by atoms with E-state index < -0.39 is 22.5 Å². The zero-order valence-corrected chi connectivity index (χ0v) is 24.0. The maximum atomic E-state index is 13.4. The first kappa shape index (κ1) is 30.2. The minimum Gasteiger partial charge on any atom is -0.484 e. The molecule has 0 saturated carbocycles. The van der Waals surface area contributed by atoms with Crippen molar-refractivity contribution in [1.29, 1.82) is 0 Å². The van der Waals surface area contributed by atoms with Crippen molar-refractivity contribution in [3.63, 3.8) is 0 Å². The van der Waals surface area contributed by atoms with Crippen LogP contribution in [0.5, 0.6) is 5.75 Å². The number of carbonyl (C=O) groups excluding carboxylic acids is 2. The maximum absolute atomic E-state index is 13.4. The SMILES string of the molecule is Cc1ccc(S(=O)(=O)N(CCc2ccccc2)CC(=O)N/N=C/c2ccc(OCC(=O)Nc3ccccc3)cc2)cc1. The third kappa shape index (κ3) is 9.12. The third-order valence-corrected chi connectivity index (χ3v) is 8.04. The average Bonchev–Trinajstić information content (AvgIpc) is 3.00. The lowest BCUT2D eigenvalue weighted by molar-refractivity contribution is -0.121. The molecule has 0 saturated heterocycles. The number of rotatable bonds is 13. The average molecular weight is 585 g/mol. The molecule has 0 unspecified atom stereocenters. The summed E-state index contributed by atoms with van der Waals surface area (Å²) in [6.07, 6.45) is 1.89. The molecule has 10 heteroatoms. The lowest BCUT2D eigenvalue weighted by Gasteiger charge is -2.21. The largest absolute Gasteiger partial charge is 0.484 e. The molecule has 2 N–H and O–H groups in total. The molecule has 216 valence electrons. The predicted molar refractivity (Wildman–Crippen MR) is 163 cm³/mol. The summed E-state index contributed by atoms with van der Waals surface area (Å²) in [5.74, 6) is -0.356. The summed E-state index contributed by atoms with van der Waals surface area (Å²) in [6.45, 7) is 1.46. The lowest BCUT2D eigenvalue weighted by Crippen LogP contribution is -2.40. The van der Waals surface area contributed by atoms with Crippen molar-refractivity contribution < 1.29 is 22.7 Å². The molecule has 4 rings (SSSR count). The molecule has 4 aromatic rings. The van der Waals surface area contributed by atoms with Crippen molar-refractivity contribution in [3.8, 4) is 5.75 Å². The van der Waals surface area contributed by atoms with Gasteiger partial charge in [0.2, 0.25) is 10.0 Å². The predicted octanol–water partition coefficient (Wildman–Crippen LogP) is 4.40. The summed E-state index contributed by atoms with van der Waals surface area (Å²) in [6, 6.07) is 31.9. The Labute approximate surface area is 245 Å². The highest BCUT2D eigenvalue weighted by Crippen LogP contribution is 2.17. The van der Waals surface area contributed by atoms with Crippen LogP contribution >= 0.6 is 0 Å². The second kappa shape index (κ2) is 14.7. The number of carbonyl (C=O) groups is 2. The Balaban J connectivity index is 1.32. The summed E-state index contributed by atoms with van der Waals surface area (Å²) < 4.78 is 33.5. The summed E-state index contributed by atoms with van der Waals surface area (Å²) in [5, 5.41) is 6.72. The van der Waals surface area contributed by atoms with Crippen LogP contribution in [0.2, 0.25) is 0 Å². The van der Waals surface area contributed by atoms with Crippen LogP contribution in [-0.4, -0.2) is 50.4 Å². The Kier molecular flexibility index (Phi) is 10.6. The van der Waals surface area contributed by atoms with Crippen molar-refractivity contribution in [1.82, 2.24) is 9.73 Å². The highest BCUT2D eigenvalue weighted by Gasteiger charge is 2.26. The van der Waals surface area contributed by atoms with Crippen LogP contribution in [0, 0.1) is 6.92 Å². The van der Waals surface area contributed by atoms with Crippen molar-refractivity contribution in [2.24, 2.45) is 5.10 Å². The number of aryl methyl sites for hydroxylation is 1. The monoisotopic (exact) mass is 584 g/mol. The number of nitrogens with one attached hydrogen (secondary N) is 2. The fraction of sp³-hybridized carbons (Fsp3) is 0.156. The zero-order chi connectivity index (χ0) is 29.8. The van der Waals surface area contributed by atoms with Crippen molar-refractivity contribution >= 4 is 33.7 Å². The quantitative estimate of drug-likeness (QED) is 0.179. The molecule has 0 aromatic heterocycles. The number of hydrogen-bond donors (Lipinski definition) is 2. The van der Waals surface area contributed by atoms with E-state index in [9.17, 15) is 18.0 Å². The fourth-order valence-corrected chi connectivity index (χ4v) is 5.33. The first-order valence-electron chi connectivity index (χ1n) is 13.3. The van der Waals surface area contributed by atoms with Crippen LogP contribution in [0.1, 0.15) is 16.7 Å². The van der Waals surface area contributed by atoms with E-state index in [1.165, 1.54) is 6.21 Å². The smallest absolute Gasteiger partial charge is 0.262 e. The summed E-state index contributed by atoms with van der Waals surface area (Å²) in [5.41, 5.74) is 5.67. The number of sulfonamides is 1. The van der Waals surface area contributed by atoms with E-state index in [0.29, 0.717) is 23.4 Å². The second-order valence-corrected chi connectivity index (χ2v) is 11.4. The number of amides is 2. The number of ether oxygens (including phenoxy) is 1. The number of hydrazone groups is 1. The molecule has 4 aromatic carbocycles. The Hall–Kier alpha value is -4.80. The molecule has 0 radical (unpaired) electrons. The molecule has 0 aliphatic heterocycles. The maximum Gasteiger partial charge on any atom is 0.262 e. The van der Waals surface area contributed by atoms with Crippen LogP contribution in [0.15, 0.2) is 119 Å². The van der Waals surface area contributed by atoms with Crippen LogP contribution in [0.3, 0.4) is 0 Å². The molecule has 9 nitrogen and oxygen atoms in total. The van der Waals surface area contributed by atoms with Crippen molar-refractivity contribution in [2.75, 3.05) is 25.0 Å². The van der Waals surface area contributed by atoms with Gasteiger partial charge in [-0.2, -0.15) is 9.41 Å². The zero-order valence-electron chi connectivity index (χ0n) is 23.1. The minimum atomic E-state index is -3.92. The molecule has 0 bridgehead atoms.